The average molecular weight is 217 g/mol. The van der Waals surface area contributed by atoms with Crippen LogP contribution in [0.15, 0.2) is 46.6 Å². The number of nitrogen functional groups attached to an aromatic ring is 1. The van der Waals surface area contributed by atoms with Crippen molar-refractivity contribution in [1.82, 2.24) is 9.97 Å². The Labute approximate surface area is 92.8 Å². The number of rotatable bonds is 2. The quantitative estimate of drug-likeness (QED) is 0.839. The van der Waals surface area contributed by atoms with Gasteiger partial charge in [-0.2, -0.15) is 0 Å². The molecule has 0 amide bonds. The maximum Gasteiger partial charge on any atom is 0.125 e. The lowest BCUT2D eigenvalue weighted by Gasteiger charge is -2.03. The summed E-state index contributed by atoms with van der Waals surface area (Å²) in [6, 6.07) is 9.55. The first-order valence-electron chi connectivity index (χ1n) is 4.58. The summed E-state index contributed by atoms with van der Waals surface area (Å²) in [6.45, 7) is 1.96. The summed E-state index contributed by atoms with van der Waals surface area (Å²) >= 11 is 1.48. The molecule has 0 fully saturated rings. The van der Waals surface area contributed by atoms with Gasteiger partial charge in [-0.1, -0.05) is 6.07 Å². The summed E-state index contributed by atoms with van der Waals surface area (Å²) in [6.07, 6.45) is 1.73. The fourth-order valence-corrected chi connectivity index (χ4v) is 2.00. The van der Waals surface area contributed by atoms with Crippen LogP contribution in [0.4, 0.5) is 5.69 Å². The lowest BCUT2D eigenvalue weighted by Crippen LogP contribution is -1.91. The smallest absolute Gasteiger partial charge is 0.125 e. The Hall–Kier alpha value is -1.55. The van der Waals surface area contributed by atoms with Crippen LogP contribution in [0.2, 0.25) is 0 Å². The molecule has 2 N–H and O–H groups in total. The zero-order chi connectivity index (χ0) is 10.7. The number of nitrogens with two attached hydrogens (primary N) is 1. The number of hydrogen-bond acceptors (Lipinski definition) is 4. The topological polar surface area (TPSA) is 51.8 Å². The van der Waals surface area contributed by atoms with Crippen LogP contribution in [-0.2, 0) is 0 Å². The van der Waals surface area contributed by atoms with Crippen LogP contribution in [0.25, 0.3) is 0 Å². The van der Waals surface area contributed by atoms with E-state index in [0.717, 1.165) is 15.7 Å². The summed E-state index contributed by atoms with van der Waals surface area (Å²) < 4.78 is 0. The molecule has 0 saturated heterocycles. The molecule has 2 heterocycles. The minimum Gasteiger partial charge on any atom is -0.397 e. The molecule has 2 aromatic rings. The van der Waals surface area contributed by atoms with Gasteiger partial charge in [0.25, 0.3) is 0 Å². The van der Waals surface area contributed by atoms with E-state index >= 15 is 0 Å². The number of pyridine rings is 2. The molecule has 0 bridgehead atoms. The second-order valence-electron chi connectivity index (χ2n) is 3.12. The van der Waals surface area contributed by atoms with E-state index in [0.29, 0.717) is 5.69 Å². The second kappa shape index (κ2) is 4.31. The molecule has 3 nitrogen and oxygen atoms in total. The average Bonchev–Trinajstić information content (AvgIpc) is 2.22. The normalized spacial score (nSPS) is 10.2. The molecule has 0 aromatic carbocycles. The van der Waals surface area contributed by atoms with Crippen LogP contribution in [0.3, 0.4) is 0 Å². The van der Waals surface area contributed by atoms with Crippen molar-refractivity contribution >= 4 is 17.4 Å². The Morgan fingerprint density at radius 1 is 1.20 bits per heavy atom. The largest absolute Gasteiger partial charge is 0.397 e. The molecule has 0 radical (unpaired) electrons. The van der Waals surface area contributed by atoms with E-state index in [1.54, 1.807) is 6.20 Å². The molecular formula is C11H11N3S. The molecular weight excluding hydrogens is 206 g/mol. The summed E-state index contributed by atoms with van der Waals surface area (Å²) in [5.74, 6) is 0. The van der Waals surface area contributed by atoms with Crippen LogP contribution in [-0.4, -0.2) is 9.97 Å². The Kier molecular flexibility index (Phi) is 2.87. The highest BCUT2D eigenvalue weighted by molar-refractivity contribution is 7.99. The summed E-state index contributed by atoms with van der Waals surface area (Å²) in [4.78, 5) is 8.58. The highest BCUT2D eigenvalue weighted by Crippen LogP contribution is 2.28. The predicted octanol–water partition coefficient (Wildman–Crippen LogP) is 2.52. The first-order valence-corrected chi connectivity index (χ1v) is 5.39. The SMILES string of the molecule is Cc1cccc(Sc2ncccc2N)n1. The van der Waals surface area contributed by atoms with E-state index in [9.17, 15) is 0 Å². The maximum atomic E-state index is 5.80. The monoisotopic (exact) mass is 217 g/mol. The van der Waals surface area contributed by atoms with Gasteiger partial charge in [0.15, 0.2) is 0 Å². The molecule has 2 aromatic heterocycles. The maximum absolute atomic E-state index is 5.80. The minimum atomic E-state index is 0.686. The fraction of sp³-hybridized carbons (Fsp3) is 0.0909. The number of aromatic nitrogens is 2. The molecule has 0 aliphatic rings. The number of hydrogen-bond donors (Lipinski definition) is 1. The molecule has 4 heteroatoms. The Morgan fingerprint density at radius 2 is 2.07 bits per heavy atom. The van der Waals surface area contributed by atoms with Crippen LogP contribution >= 0.6 is 11.8 Å². The van der Waals surface area contributed by atoms with Gasteiger partial charge in [-0.05, 0) is 43.0 Å². The molecule has 0 aliphatic carbocycles. The Bertz CT molecular complexity index is 471. The van der Waals surface area contributed by atoms with E-state index in [-0.39, 0.29) is 0 Å². The molecule has 76 valence electrons. The van der Waals surface area contributed by atoms with Gasteiger partial charge in [0, 0.05) is 11.9 Å². The third-order valence-corrected chi connectivity index (χ3v) is 2.84. The lowest BCUT2D eigenvalue weighted by atomic mass is 10.4. The molecule has 0 unspecified atom stereocenters. The molecule has 0 spiro atoms. The van der Waals surface area contributed by atoms with Crippen molar-refractivity contribution in [3.05, 3.63) is 42.2 Å². The van der Waals surface area contributed by atoms with Crippen LogP contribution in [0.5, 0.6) is 0 Å². The van der Waals surface area contributed by atoms with Gasteiger partial charge in [0.05, 0.1) is 5.69 Å². The molecule has 15 heavy (non-hydrogen) atoms. The molecule has 0 atom stereocenters. The van der Waals surface area contributed by atoms with E-state index < -0.39 is 0 Å². The van der Waals surface area contributed by atoms with Gasteiger partial charge in [0.2, 0.25) is 0 Å². The zero-order valence-corrected chi connectivity index (χ0v) is 9.16. The van der Waals surface area contributed by atoms with E-state index in [1.165, 1.54) is 11.8 Å². The van der Waals surface area contributed by atoms with Crippen molar-refractivity contribution in [2.75, 3.05) is 5.73 Å². The van der Waals surface area contributed by atoms with E-state index in [2.05, 4.69) is 9.97 Å². The predicted molar refractivity (Wildman–Crippen MR) is 61.7 cm³/mol. The summed E-state index contributed by atoms with van der Waals surface area (Å²) in [5, 5.41) is 1.72. The highest BCUT2D eigenvalue weighted by Gasteiger charge is 2.03. The van der Waals surface area contributed by atoms with Gasteiger partial charge < -0.3 is 5.73 Å². The minimum absolute atomic E-state index is 0.686. The number of nitrogens with zero attached hydrogens (tertiary/aromatic N) is 2. The molecule has 2 rings (SSSR count). The first-order chi connectivity index (χ1) is 7.25. The van der Waals surface area contributed by atoms with Gasteiger partial charge >= 0.3 is 0 Å². The van der Waals surface area contributed by atoms with E-state index in [4.69, 9.17) is 5.73 Å². The van der Waals surface area contributed by atoms with Crippen LogP contribution in [0.1, 0.15) is 5.69 Å². The standard InChI is InChI=1S/C11H11N3S/c1-8-4-2-6-10(14-8)15-11-9(12)5-3-7-13-11/h2-7H,12H2,1H3. The Balaban J connectivity index is 2.26. The van der Waals surface area contributed by atoms with Crippen LogP contribution < -0.4 is 5.73 Å². The highest BCUT2D eigenvalue weighted by atomic mass is 32.2. The molecule has 0 saturated carbocycles. The third kappa shape index (κ3) is 2.47. The summed E-state index contributed by atoms with van der Waals surface area (Å²) in [7, 11) is 0. The number of anilines is 1. The van der Waals surface area contributed by atoms with E-state index in [1.807, 2.05) is 37.3 Å². The van der Waals surface area contributed by atoms with Crippen molar-refractivity contribution in [3.8, 4) is 0 Å². The van der Waals surface area contributed by atoms with Gasteiger partial charge in [0.1, 0.15) is 10.1 Å². The third-order valence-electron chi connectivity index (χ3n) is 1.86. The van der Waals surface area contributed by atoms with Crippen molar-refractivity contribution in [1.29, 1.82) is 0 Å². The van der Waals surface area contributed by atoms with Gasteiger partial charge in [-0.3, -0.25) is 0 Å². The summed E-state index contributed by atoms with van der Waals surface area (Å²) in [5.41, 5.74) is 7.48. The van der Waals surface area contributed by atoms with Crippen LogP contribution in [0, 0.1) is 6.92 Å². The van der Waals surface area contributed by atoms with Crippen molar-refractivity contribution in [2.24, 2.45) is 0 Å². The Morgan fingerprint density at radius 3 is 2.80 bits per heavy atom. The fourth-order valence-electron chi connectivity index (χ4n) is 1.16. The molecule has 0 aliphatic heterocycles. The van der Waals surface area contributed by atoms with Crippen molar-refractivity contribution in [3.63, 3.8) is 0 Å². The second-order valence-corrected chi connectivity index (χ2v) is 4.13. The lowest BCUT2D eigenvalue weighted by molar-refractivity contribution is 1.05. The van der Waals surface area contributed by atoms with Crippen molar-refractivity contribution < 1.29 is 0 Å². The number of aryl methyl sites for hydroxylation is 1. The zero-order valence-electron chi connectivity index (χ0n) is 8.34. The first kappa shape index (κ1) is 9.98. The van der Waals surface area contributed by atoms with Crippen molar-refractivity contribution in [2.45, 2.75) is 17.0 Å². The van der Waals surface area contributed by atoms with Gasteiger partial charge in [-0.15, -0.1) is 0 Å². The van der Waals surface area contributed by atoms with Gasteiger partial charge in [-0.25, -0.2) is 9.97 Å².